The fourth-order valence-corrected chi connectivity index (χ4v) is 2.60. The highest BCUT2D eigenvalue weighted by atomic mass is 79.9. The molecule has 1 unspecified atom stereocenters. The molecule has 2 aromatic rings. The van der Waals surface area contributed by atoms with Crippen molar-refractivity contribution in [2.24, 2.45) is 5.73 Å². The van der Waals surface area contributed by atoms with Gasteiger partial charge in [-0.2, -0.15) is 0 Å². The van der Waals surface area contributed by atoms with Gasteiger partial charge in [-0.25, -0.2) is 0 Å². The van der Waals surface area contributed by atoms with E-state index in [2.05, 4.69) is 15.9 Å². The summed E-state index contributed by atoms with van der Waals surface area (Å²) in [6.45, 7) is 2.60. The summed E-state index contributed by atoms with van der Waals surface area (Å²) in [5.74, 6) is 1.70. The van der Waals surface area contributed by atoms with E-state index in [0.717, 1.165) is 28.0 Å². The Kier molecular flexibility index (Phi) is 5.65. The largest absolute Gasteiger partial charge is 0.497 e. The van der Waals surface area contributed by atoms with Crippen LogP contribution in [0.5, 0.6) is 11.5 Å². The highest BCUT2D eigenvalue weighted by molar-refractivity contribution is 9.10. The minimum atomic E-state index is -0.113. The highest BCUT2D eigenvalue weighted by Crippen LogP contribution is 2.29. The number of halogens is 1. The Labute approximate surface area is 134 Å². The Hall–Kier alpha value is -1.52. The Morgan fingerprint density at radius 2 is 1.86 bits per heavy atom. The predicted molar refractivity (Wildman–Crippen MR) is 88.9 cm³/mol. The molecule has 0 aliphatic heterocycles. The van der Waals surface area contributed by atoms with Crippen molar-refractivity contribution in [3.8, 4) is 11.5 Å². The summed E-state index contributed by atoms with van der Waals surface area (Å²) in [6, 6.07) is 13.8. The quantitative estimate of drug-likeness (QED) is 0.853. The van der Waals surface area contributed by atoms with Gasteiger partial charge in [0, 0.05) is 16.1 Å². The van der Waals surface area contributed by atoms with Crippen molar-refractivity contribution in [1.82, 2.24) is 0 Å². The van der Waals surface area contributed by atoms with E-state index in [-0.39, 0.29) is 6.04 Å². The molecule has 0 spiro atoms. The van der Waals surface area contributed by atoms with Crippen molar-refractivity contribution in [2.45, 2.75) is 19.4 Å². The molecule has 2 rings (SSSR count). The first-order chi connectivity index (χ1) is 10.1. The molecule has 0 amide bonds. The number of hydrogen-bond acceptors (Lipinski definition) is 3. The maximum atomic E-state index is 6.37. The monoisotopic (exact) mass is 349 g/mol. The van der Waals surface area contributed by atoms with Gasteiger partial charge in [-0.3, -0.25) is 0 Å². The Balaban J connectivity index is 2.18. The molecule has 1 atom stereocenters. The summed E-state index contributed by atoms with van der Waals surface area (Å²) in [4.78, 5) is 0. The fraction of sp³-hybridized carbons (Fsp3) is 0.294. The smallest absolute Gasteiger partial charge is 0.124 e. The molecule has 0 saturated carbocycles. The van der Waals surface area contributed by atoms with Crippen LogP contribution >= 0.6 is 15.9 Å². The van der Waals surface area contributed by atoms with Crippen LogP contribution in [0.25, 0.3) is 0 Å². The topological polar surface area (TPSA) is 44.5 Å². The third kappa shape index (κ3) is 4.22. The van der Waals surface area contributed by atoms with Crippen molar-refractivity contribution < 1.29 is 9.47 Å². The van der Waals surface area contributed by atoms with Crippen molar-refractivity contribution >= 4 is 15.9 Å². The van der Waals surface area contributed by atoms with Gasteiger partial charge in [-0.15, -0.1) is 0 Å². The molecule has 21 heavy (non-hydrogen) atoms. The van der Waals surface area contributed by atoms with Crippen LogP contribution in [0.3, 0.4) is 0 Å². The molecule has 2 N–H and O–H groups in total. The Morgan fingerprint density at radius 3 is 2.48 bits per heavy atom. The summed E-state index contributed by atoms with van der Waals surface area (Å²) in [5.41, 5.74) is 8.55. The first-order valence-electron chi connectivity index (χ1n) is 6.94. The number of rotatable bonds is 6. The maximum Gasteiger partial charge on any atom is 0.124 e. The second kappa shape index (κ2) is 7.48. The van der Waals surface area contributed by atoms with Gasteiger partial charge in [0.15, 0.2) is 0 Å². The number of methoxy groups -OCH3 is 1. The van der Waals surface area contributed by atoms with Crippen LogP contribution in [0.2, 0.25) is 0 Å². The molecule has 0 bridgehead atoms. The van der Waals surface area contributed by atoms with Crippen LogP contribution in [0.15, 0.2) is 46.9 Å². The Morgan fingerprint density at radius 1 is 1.14 bits per heavy atom. The zero-order valence-electron chi connectivity index (χ0n) is 12.3. The van der Waals surface area contributed by atoms with Crippen molar-refractivity contribution in [1.29, 1.82) is 0 Å². The average Bonchev–Trinajstić information content (AvgIpc) is 2.50. The van der Waals surface area contributed by atoms with Crippen LogP contribution in [0, 0.1) is 0 Å². The van der Waals surface area contributed by atoms with Crippen LogP contribution in [-0.2, 0) is 6.42 Å². The summed E-state index contributed by atoms with van der Waals surface area (Å²) < 4.78 is 11.8. The van der Waals surface area contributed by atoms with E-state index in [1.54, 1.807) is 7.11 Å². The number of nitrogens with two attached hydrogens (primary N) is 1. The molecule has 2 aromatic carbocycles. The normalized spacial score (nSPS) is 12.0. The molecule has 4 heteroatoms. The van der Waals surface area contributed by atoms with Gasteiger partial charge in [0.25, 0.3) is 0 Å². The van der Waals surface area contributed by atoms with Gasteiger partial charge in [-0.1, -0.05) is 28.1 Å². The molecular formula is C17H20BrNO2. The molecule has 0 fully saturated rings. The van der Waals surface area contributed by atoms with Crippen molar-refractivity contribution in [3.05, 3.63) is 58.1 Å². The van der Waals surface area contributed by atoms with E-state index in [1.807, 2.05) is 49.4 Å². The van der Waals surface area contributed by atoms with E-state index < -0.39 is 0 Å². The minimum Gasteiger partial charge on any atom is -0.497 e. The Bertz CT molecular complexity index is 584. The molecule has 0 radical (unpaired) electrons. The van der Waals surface area contributed by atoms with Crippen LogP contribution < -0.4 is 15.2 Å². The van der Waals surface area contributed by atoms with E-state index in [9.17, 15) is 0 Å². The van der Waals surface area contributed by atoms with Gasteiger partial charge in [0.05, 0.1) is 13.7 Å². The summed E-state index contributed by atoms with van der Waals surface area (Å²) in [5, 5.41) is 0. The molecule has 0 saturated heterocycles. The van der Waals surface area contributed by atoms with Gasteiger partial charge in [0.1, 0.15) is 11.5 Å². The highest BCUT2D eigenvalue weighted by Gasteiger charge is 2.13. The van der Waals surface area contributed by atoms with Gasteiger partial charge in [-0.05, 0) is 49.2 Å². The van der Waals surface area contributed by atoms with Crippen LogP contribution in [0.1, 0.15) is 24.1 Å². The lowest BCUT2D eigenvalue weighted by molar-refractivity contribution is 0.334. The molecule has 0 aliphatic rings. The number of ether oxygens (including phenoxy) is 2. The van der Waals surface area contributed by atoms with Crippen molar-refractivity contribution in [3.63, 3.8) is 0 Å². The zero-order chi connectivity index (χ0) is 15.2. The van der Waals surface area contributed by atoms with E-state index >= 15 is 0 Å². The third-order valence-corrected chi connectivity index (χ3v) is 3.78. The fourth-order valence-electron chi connectivity index (χ4n) is 2.22. The van der Waals surface area contributed by atoms with E-state index in [4.69, 9.17) is 15.2 Å². The number of hydrogen-bond donors (Lipinski definition) is 1. The summed E-state index contributed by atoms with van der Waals surface area (Å²) in [6.07, 6.45) is 0.751. The first kappa shape index (κ1) is 15.9. The lowest BCUT2D eigenvalue weighted by atomic mass is 9.99. The second-order valence-corrected chi connectivity index (χ2v) is 5.69. The SMILES string of the molecule is CCOc1ccc(Br)cc1C(N)Cc1ccc(OC)cc1. The number of benzene rings is 2. The van der Waals surface area contributed by atoms with Gasteiger partial charge < -0.3 is 15.2 Å². The average molecular weight is 350 g/mol. The van der Waals surface area contributed by atoms with Gasteiger partial charge >= 0.3 is 0 Å². The van der Waals surface area contributed by atoms with Crippen LogP contribution in [-0.4, -0.2) is 13.7 Å². The standard InChI is InChI=1S/C17H20BrNO2/c1-3-21-17-9-6-13(18)11-15(17)16(19)10-12-4-7-14(20-2)8-5-12/h4-9,11,16H,3,10,19H2,1-2H3. The third-order valence-electron chi connectivity index (χ3n) is 3.29. The molecule has 0 aliphatic carbocycles. The second-order valence-electron chi connectivity index (χ2n) is 4.77. The zero-order valence-corrected chi connectivity index (χ0v) is 13.9. The van der Waals surface area contributed by atoms with Gasteiger partial charge in [0.2, 0.25) is 0 Å². The summed E-state index contributed by atoms with van der Waals surface area (Å²) >= 11 is 3.49. The first-order valence-corrected chi connectivity index (χ1v) is 7.74. The molecule has 112 valence electrons. The van der Waals surface area contributed by atoms with E-state index in [0.29, 0.717) is 6.61 Å². The lowest BCUT2D eigenvalue weighted by Crippen LogP contribution is -2.15. The molecule has 3 nitrogen and oxygen atoms in total. The summed E-state index contributed by atoms with van der Waals surface area (Å²) in [7, 11) is 1.66. The molecule has 0 heterocycles. The minimum absolute atomic E-state index is 0.113. The maximum absolute atomic E-state index is 6.37. The lowest BCUT2D eigenvalue weighted by Gasteiger charge is -2.17. The van der Waals surface area contributed by atoms with Crippen molar-refractivity contribution in [2.75, 3.05) is 13.7 Å². The molecular weight excluding hydrogens is 330 g/mol. The van der Waals surface area contributed by atoms with Crippen LogP contribution in [0.4, 0.5) is 0 Å². The molecule has 0 aromatic heterocycles. The van der Waals surface area contributed by atoms with E-state index in [1.165, 1.54) is 5.56 Å². The predicted octanol–water partition coefficient (Wildman–Crippen LogP) is 4.10.